The molecule has 0 heterocycles. The van der Waals surface area contributed by atoms with Gasteiger partial charge >= 0.3 is 0 Å². The van der Waals surface area contributed by atoms with E-state index in [0.29, 0.717) is 6.54 Å². The fourth-order valence-electron chi connectivity index (χ4n) is 1.59. The first-order valence-corrected chi connectivity index (χ1v) is 4.14. The molecule has 0 aliphatic carbocycles. The summed E-state index contributed by atoms with van der Waals surface area (Å²) in [6.45, 7) is 8.93. The van der Waals surface area contributed by atoms with Crippen LogP contribution in [0.3, 0.4) is 0 Å². The number of likely N-dealkylation sites (N-methyl/N-ethyl adjacent to an activating group) is 1. The molecule has 0 bridgehead atoms. The van der Waals surface area contributed by atoms with Crippen molar-refractivity contribution < 1.29 is 5.11 Å². The molecule has 1 atom stereocenters. The normalized spacial score (nSPS) is 18.0. The number of hydrogen-bond donors (Lipinski definition) is 2. The summed E-state index contributed by atoms with van der Waals surface area (Å²) in [6, 6.07) is 0. The molecule has 0 aromatic rings. The third-order valence-electron chi connectivity index (χ3n) is 1.47. The van der Waals surface area contributed by atoms with Crippen LogP contribution < -0.4 is 5.32 Å². The van der Waals surface area contributed by atoms with Crippen molar-refractivity contribution in [2.24, 2.45) is 5.41 Å². The number of hydrogen-bond acceptors (Lipinski definition) is 2. The molecule has 0 rings (SSSR count). The minimum atomic E-state index is -0.576. The highest BCUT2D eigenvalue weighted by molar-refractivity contribution is 4.80. The van der Waals surface area contributed by atoms with Gasteiger partial charge in [-0.25, -0.2) is 0 Å². The Morgan fingerprint density at radius 3 is 1.91 bits per heavy atom. The van der Waals surface area contributed by atoms with Crippen LogP contribution in [-0.4, -0.2) is 24.3 Å². The van der Waals surface area contributed by atoms with Crippen LogP contribution in [0.4, 0.5) is 0 Å². The molecule has 0 aromatic carbocycles. The molecule has 0 radical (unpaired) electrons. The highest BCUT2D eigenvalue weighted by Crippen LogP contribution is 2.26. The second kappa shape index (κ2) is 3.55. The summed E-state index contributed by atoms with van der Waals surface area (Å²) in [7, 11) is 1.86. The first kappa shape index (κ1) is 10.9. The minimum Gasteiger partial charge on any atom is -0.389 e. The van der Waals surface area contributed by atoms with E-state index in [1.807, 2.05) is 14.0 Å². The number of rotatable bonds is 3. The van der Waals surface area contributed by atoms with Crippen LogP contribution in [-0.2, 0) is 0 Å². The van der Waals surface area contributed by atoms with Gasteiger partial charge in [-0.3, -0.25) is 0 Å². The van der Waals surface area contributed by atoms with Gasteiger partial charge in [-0.1, -0.05) is 20.8 Å². The van der Waals surface area contributed by atoms with Crippen molar-refractivity contribution in [3.05, 3.63) is 0 Å². The van der Waals surface area contributed by atoms with Gasteiger partial charge in [-0.2, -0.15) is 0 Å². The Labute approximate surface area is 70.0 Å². The van der Waals surface area contributed by atoms with Gasteiger partial charge in [0.2, 0.25) is 0 Å². The van der Waals surface area contributed by atoms with E-state index in [2.05, 4.69) is 26.1 Å². The number of nitrogens with one attached hydrogen (secondary N) is 1. The van der Waals surface area contributed by atoms with Gasteiger partial charge in [-0.05, 0) is 25.8 Å². The van der Waals surface area contributed by atoms with E-state index in [1.165, 1.54) is 0 Å². The minimum absolute atomic E-state index is 0.195. The highest BCUT2D eigenvalue weighted by Gasteiger charge is 2.26. The van der Waals surface area contributed by atoms with E-state index in [1.54, 1.807) is 0 Å². The Balaban J connectivity index is 3.91. The average Bonchev–Trinajstić information content (AvgIpc) is 1.55. The molecular weight excluding hydrogens is 138 g/mol. The molecule has 2 nitrogen and oxygen atoms in total. The van der Waals surface area contributed by atoms with Crippen LogP contribution >= 0.6 is 0 Å². The van der Waals surface area contributed by atoms with Gasteiger partial charge in [-0.15, -0.1) is 0 Å². The lowest BCUT2D eigenvalue weighted by atomic mass is 9.83. The van der Waals surface area contributed by atoms with Crippen LogP contribution in [0, 0.1) is 5.41 Å². The van der Waals surface area contributed by atoms with Gasteiger partial charge in [0.1, 0.15) is 0 Å². The molecule has 0 aliphatic heterocycles. The molecule has 68 valence electrons. The van der Waals surface area contributed by atoms with E-state index in [4.69, 9.17) is 0 Å². The molecule has 2 heteroatoms. The molecule has 1 unspecified atom stereocenters. The van der Waals surface area contributed by atoms with Gasteiger partial charge in [0.25, 0.3) is 0 Å². The Hall–Kier alpha value is -0.0800. The van der Waals surface area contributed by atoms with Gasteiger partial charge < -0.3 is 10.4 Å². The van der Waals surface area contributed by atoms with Crippen LogP contribution in [0.15, 0.2) is 0 Å². The van der Waals surface area contributed by atoms with Gasteiger partial charge in [0.05, 0.1) is 5.60 Å². The van der Waals surface area contributed by atoms with Crippen molar-refractivity contribution in [2.75, 3.05) is 13.6 Å². The summed E-state index contributed by atoms with van der Waals surface area (Å²) in [5, 5.41) is 12.8. The third kappa shape index (κ3) is 6.32. The predicted molar refractivity (Wildman–Crippen MR) is 48.6 cm³/mol. The quantitative estimate of drug-likeness (QED) is 0.652. The Morgan fingerprint density at radius 1 is 1.18 bits per heavy atom. The zero-order valence-electron chi connectivity index (χ0n) is 8.36. The van der Waals surface area contributed by atoms with Crippen molar-refractivity contribution in [1.82, 2.24) is 5.32 Å². The molecule has 0 saturated heterocycles. The van der Waals surface area contributed by atoms with E-state index in [9.17, 15) is 5.11 Å². The lowest BCUT2D eigenvalue weighted by Gasteiger charge is -2.30. The summed E-state index contributed by atoms with van der Waals surface area (Å²) in [5.74, 6) is 0. The molecular formula is C9H21NO. The zero-order valence-corrected chi connectivity index (χ0v) is 8.36. The molecule has 2 N–H and O–H groups in total. The fraction of sp³-hybridized carbons (Fsp3) is 1.00. The Bertz CT molecular complexity index is 113. The second-order valence-electron chi connectivity index (χ2n) is 4.76. The molecule has 0 aliphatic rings. The standard InChI is InChI=1S/C9H21NO/c1-8(2,3)6-9(4,11)7-10-5/h10-11H,6-7H2,1-5H3. The molecule has 11 heavy (non-hydrogen) atoms. The maximum absolute atomic E-state index is 9.79. The highest BCUT2D eigenvalue weighted by atomic mass is 16.3. The fourth-order valence-corrected chi connectivity index (χ4v) is 1.59. The van der Waals surface area contributed by atoms with E-state index in [-0.39, 0.29) is 5.41 Å². The first-order valence-electron chi connectivity index (χ1n) is 4.14. The Kier molecular flexibility index (Phi) is 3.52. The van der Waals surface area contributed by atoms with Crippen molar-refractivity contribution in [2.45, 2.75) is 39.7 Å². The summed E-state index contributed by atoms with van der Waals surface area (Å²) < 4.78 is 0. The van der Waals surface area contributed by atoms with Crippen LogP contribution in [0.25, 0.3) is 0 Å². The summed E-state index contributed by atoms with van der Waals surface area (Å²) in [4.78, 5) is 0. The monoisotopic (exact) mass is 159 g/mol. The van der Waals surface area contributed by atoms with E-state index in [0.717, 1.165) is 6.42 Å². The van der Waals surface area contributed by atoms with Crippen molar-refractivity contribution in [3.8, 4) is 0 Å². The first-order chi connectivity index (χ1) is 4.77. The lowest BCUT2D eigenvalue weighted by molar-refractivity contribution is 0.0213. The molecule has 0 fully saturated rings. The van der Waals surface area contributed by atoms with Crippen molar-refractivity contribution in [1.29, 1.82) is 0 Å². The largest absolute Gasteiger partial charge is 0.389 e. The van der Waals surface area contributed by atoms with Crippen LogP contribution in [0.1, 0.15) is 34.1 Å². The zero-order chi connectivity index (χ0) is 9.12. The second-order valence-corrected chi connectivity index (χ2v) is 4.76. The van der Waals surface area contributed by atoms with E-state index >= 15 is 0 Å². The lowest BCUT2D eigenvalue weighted by Crippen LogP contribution is -2.39. The van der Waals surface area contributed by atoms with Crippen LogP contribution in [0.2, 0.25) is 0 Å². The SMILES string of the molecule is CNCC(C)(O)CC(C)(C)C. The van der Waals surface area contributed by atoms with Crippen molar-refractivity contribution >= 4 is 0 Å². The molecule has 0 aromatic heterocycles. The summed E-state index contributed by atoms with van der Waals surface area (Å²) in [6.07, 6.45) is 0.820. The van der Waals surface area contributed by atoms with Gasteiger partial charge in [0.15, 0.2) is 0 Å². The van der Waals surface area contributed by atoms with Gasteiger partial charge in [0, 0.05) is 6.54 Å². The maximum Gasteiger partial charge on any atom is 0.0748 e. The topological polar surface area (TPSA) is 32.3 Å². The van der Waals surface area contributed by atoms with E-state index < -0.39 is 5.60 Å². The average molecular weight is 159 g/mol. The predicted octanol–water partition coefficient (Wildman–Crippen LogP) is 1.39. The van der Waals surface area contributed by atoms with Crippen molar-refractivity contribution in [3.63, 3.8) is 0 Å². The Morgan fingerprint density at radius 2 is 1.64 bits per heavy atom. The smallest absolute Gasteiger partial charge is 0.0748 e. The maximum atomic E-state index is 9.79. The summed E-state index contributed by atoms with van der Waals surface area (Å²) in [5.41, 5.74) is -0.382. The molecule has 0 amide bonds. The summed E-state index contributed by atoms with van der Waals surface area (Å²) >= 11 is 0. The number of aliphatic hydroxyl groups is 1. The van der Waals surface area contributed by atoms with Crippen LogP contribution in [0.5, 0.6) is 0 Å². The molecule has 0 spiro atoms. The molecule has 0 saturated carbocycles. The third-order valence-corrected chi connectivity index (χ3v) is 1.47.